The Balaban J connectivity index is 1.68. The molecule has 0 aromatic rings. The Bertz CT molecular complexity index is 378. The van der Waals surface area contributed by atoms with Crippen molar-refractivity contribution < 1.29 is 9.59 Å². The normalized spacial score (nSPS) is 35.6. The third-order valence-corrected chi connectivity index (χ3v) is 4.40. The molecule has 18 heavy (non-hydrogen) atoms. The first-order valence-corrected chi connectivity index (χ1v) is 6.65. The van der Waals surface area contributed by atoms with E-state index in [4.69, 9.17) is 0 Å². The molecule has 0 spiro atoms. The molecule has 0 bridgehead atoms. The van der Waals surface area contributed by atoms with Gasteiger partial charge in [-0.1, -0.05) is 0 Å². The number of carbonyl (C=O) groups excluding carboxylic acids is 2. The van der Waals surface area contributed by atoms with E-state index in [9.17, 15) is 9.59 Å². The molecule has 3 rings (SSSR count). The number of fused-ring (bicyclic) bond motifs is 1. The fourth-order valence-electron chi connectivity index (χ4n) is 3.17. The maximum absolute atomic E-state index is 12.6. The molecule has 2 atom stereocenters. The van der Waals surface area contributed by atoms with Gasteiger partial charge in [-0.25, -0.2) is 4.79 Å². The minimum atomic E-state index is -0.252. The SMILES string of the molecule is CC1(C(=O)N2CCN3C(=O)NCC3C2)CCNC1. The van der Waals surface area contributed by atoms with Crippen LogP contribution in [0.1, 0.15) is 13.3 Å². The molecule has 3 aliphatic heterocycles. The van der Waals surface area contributed by atoms with E-state index in [1.165, 1.54) is 0 Å². The number of hydrogen-bond donors (Lipinski definition) is 2. The zero-order valence-corrected chi connectivity index (χ0v) is 10.7. The van der Waals surface area contributed by atoms with Gasteiger partial charge in [0, 0.05) is 32.7 Å². The van der Waals surface area contributed by atoms with Gasteiger partial charge >= 0.3 is 6.03 Å². The third-order valence-electron chi connectivity index (χ3n) is 4.40. The van der Waals surface area contributed by atoms with Crippen LogP contribution in [0.25, 0.3) is 0 Å². The highest BCUT2D eigenvalue weighted by Crippen LogP contribution is 2.28. The fraction of sp³-hybridized carbons (Fsp3) is 0.833. The van der Waals surface area contributed by atoms with Crippen LogP contribution < -0.4 is 10.6 Å². The minimum Gasteiger partial charge on any atom is -0.338 e. The molecule has 2 unspecified atom stereocenters. The van der Waals surface area contributed by atoms with E-state index in [1.807, 2.05) is 16.7 Å². The highest BCUT2D eigenvalue weighted by atomic mass is 16.2. The standard InChI is InChI=1S/C12H20N4O2/c1-12(2-3-13-8-12)10(17)15-4-5-16-9(7-15)6-14-11(16)18/h9,13H,2-8H2,1H3,(H,14,18). The van der Waals surface area contributed by atoms with Crippen LogP contribution in [0.3, 0.4) is 0 Å². The van der Waals surface area contributed by atoms with Gasteiger partial charge in [-0.2, -0.15) is 0 Å². The van der Waals surface area contributed by atoms with Gasteiger partial charge in [0.2, 0.25) is 5.91 Å². The molecular formula is C12H20N4O2. The quantitative estimate of drug-likeness (QED) is 0.643. The number of amides is 3. The fourth-order valence-corrected chi connectivity index (χ4v) is 3.17. The zero-order chi connectivity index (χ0) is 12.8. The summed E-state index contributed by atoms with van der Waals surface area (Å²) in [5.41, 5.74) is -0.252. The van der Waals surface area contributed by atoms with Crippen molar-refractivity contribution in [2.24, 2.45) is 5.41 Å². The number of carbonyl (C=O) groups is 2. The predicted octanol–water partition coefficient (Wildman–Crippen LogP) is -0.778. The second kappa shape index (κ2) is 4.12. The largest absolute Gasteiger partial charge is 0.338 e. The van der Waals surface area contributed by atoms with Crippen molar-refractivity contribution >= 4 is 11.9 Å². The smallest absolute Gasteiger partial charge is 0.317 e. The molecule has 3 saturated heterocycles. The molecule has 6 nitrogen and oxygen atoms in total. The first kappa shape index (κ1) is 11.8. The van der Waals surface area contributed by atoms with Crippen LogP contribution in [-0.2, 0) is 4.79 Å². The molecule has 100 valence electrons. The zero-order valence-electron chi connectivity index (χ0n) is 10.7. The molecule has 0 aromatic heterocycles. The van der Waals surface area contributed by atoms with E-state index in [-0.39, 0.29) is 23.4 Å². The number of hydrogen-bond acceptors (Lipinski definition) is 3. The molecule has 3 fully saturated rings. The van der Waals surface area contributed by atoms with Gasteiger partial charge in [-0.05, 0) is 19.9 Å². The maximum Gasteiger partial charge on any atom is 0.317 e. The van der Waals surface area contributed by atoms with Gasteiger partial charge in [-0.15, -0.1) is 0 Å². The second-order valence-electron chi connectivity index (χ2n) is 5.77. The van der Waals surface area contributed by atoms with Crippen molar-refractivity contribution in [2.75, 3.05) is 39.3 Å². The molecular weight excluding hydrogens is 232 g/mol. The van der Waals surface area contributed by atoms with E-state index in [1.54, 1.807) is 0 Å². The van der Waals surface area contributed by atoms with E-state index in [2.05, 4.69) is 10.6 Å². The number of rotatable bonds is 1. The van der Waals surface area contributed by atoms with Crippen molar-refractivity contribution in [3.05, 3.63) is 0 Å². The second-order valence-corrected chi connectivity index (χ2v) is 5.77. The molecule has 3 heterocycles. The Hall–Kier alpha value is -1.30. The summed E-state index contributed by atoms with van der Waals surface area (Å²) in [6, 6.07) is 0.175. The van der Waals surface area contributed by atoms with E-state index < -0.39 is 0 Å². The Morgan fingerprint density at radius 3 is 3.00 bits per heavy atom. The van der Waals surface area contributed by atoms with Gasteiger partial charge in [0.15, 0.2) is 0 Å². The lowest BCUT2D eigenvalue weighted by atomic mass is 9.87. The maximum atomic E-state index is 12.6. The van der Waals surface area contributed by atoms with Crippen molar-refractivity contribution in [1.82, 2.24) is 20.4 Å². The van der Waals surface area contributed by atoms with Crippen LogP contribution in [0.5, 0.6) is 0 Å². The molecule has 2 N–H and O–H groups in total. The lowest BCUT2D eigenvalue weighted by Gasteiger charge is -2.39. The predicted molar refractivity (Wildman–Crippen MR) is 66.1 cm³/mol. The summed E-state index contributed by atoms with van der Waals surface area (Å²) in [6.45, 7) is 6.40. The monoisotopic (exact) mass is 252 g/mol. The summed E-state index contributed by atoms with van der Waals surface area (Å²) in [5, 5.41) is 6.10. The Morgan fingerprint density at radius 1 is 1.44 bits per heavy atom. The molecule has 3 aliphatic rings. The van der Waals surface area contributed by atoms with Crippen LogP contribution in [-0.4, -0.2) is 67.0 Å². The number of piperazine rings is 1. The first-order valence-electron chi connectivity index (χ1n) is 6.65. The lowest BCUT2D eigenvalue weighted by Crippen LogP contribution is -2.56. The van der Waals surface area contributed by atoms with Crippen LogP contribution in [0.2, 0.25) is 0 Å². The number of nitrogens with one attached hydrogen (secondary N) is 2. The van der Waals surface area contributed by atoms with E-state index >= 15 is 0 Å². The van der Waals surface area contributed by atoms with Gasteiger partial charge in [-0.3, -0.25) is 4.79 Å². The third kappa shape index (κ3) is 1.75. The van der Waals surface area contributed by atoms with Gasteiger partial charge < -0.3 is 20.4 Å². The van der Waals surface area contributed by atoms with Crippen molar-refractivity contribution in [1.29, 1.82) is 0 Å². The summed E-state index contributed by atoms with van der Waals surface area (Å²) >= 11 is 0. The molecule has 0 saturated carbocycles. The molecule has 6 heteroatoms. The number of urea groups is 1. The summed E-state index contributed by atoms with van der Waals surface area (Å²) in [5.74, 6) is 0.242. The highest BCUT2D eigenvalue weighted by molar-refractivity contribution is 5.84. The average Bonchev–Trinajstić information content (AvgIpc) is 2.96. The van der Waals surface area contributed by atoms with Gasteiger partial charge in [0.05, 0.1) is 11.5 Å². The molecule has 3 amide bonds. The highest BCUT2D eigenvalue weighted by Gasteiger charge is 2.43. The number of nitrogens with zero attached hydrogens (tertiary/aromatic N) is 2. The van der Waals surface area contributed by atoms with Crippen LogP contribution in [0, 0.1) is 5.41 Å². The van der Waals surface area contributed by atoms with Crippen LogP contribution >= 0.6 is 0 Å². The van der Waals surface area contributed by atoms with Crippen molar-refractivity contribution in [3.8, 4) is 0 Å². The van der Waals surface area contributed by atoms with Crippen LogP contribution in [0.4, 0.5) is 4.79 Å². The molecule has 0 aliphatic carbocycles. The van der Waals surface area contributed by atoms with Gasteiger partial charge in [0.25, 0.3) is 0 Å². The summed E-state index contributed by atoms with van der Waals surface area (Å²) in [4.78, 5) is 27.8. The summed E-state index contributed by atoms with van der Waals surface area (Å²) < 4.78 is 0. The topological polar surface area (TPSA) is 64.7 Å². The van der Waals surface area contributed by atoms with Crippen molar-refractivity contribution in [3.63, 3.8) is 0 Å². The van der Waals surface area contributed by atoms with Gasteiger partial charge in [0.1, 0.15) is 0 Å². The lowest BCUT2D eigenvalue weighted by molar-refractivity contribution is -0.142. The van der Waals surface area contributed by atoms with E-state index in [0.29, 0.717) is 26.2 Å². The Morgan fingerprint density at radius 2 is 2.28 bits per heavy atom. The summed E-state index contributed by atoms with van der Waals surface area (Å²) in [6.07, 6.45) is 0.911. The first-order chi connectivity index (χ1) is 8.60. The van der Waals surface area contributed by atoms with E-state index in [0.717, 1.165) is 19.5 Å². The Kier molecular flexibility index (Phi) is 2.69. The van der Waals surface area contributed by atoms with Crippen molar-refractivity contribution in [2.45, 2.75) is 19.4 Å². The summed E-state index contributed by atoms with van der Waals surface area (Å²) in [7, 11) is 0. The minimum absolute atomic E-state index is 0.0147. The molecule has 0 radical (unpaired) electrons. The molecule has 0 aromatic carbocycles. The Labute approximate surface area is 107 Å². The van der Waals surface area contributed by atoms with Crippen LogP contribution in [0.15, 0.2) is 0 Å². The average molecular weight is 252 g/mol.